The van der Waals surface area contributed by atoms with Gasteiger partial charge in [-0.25, -0.2) is 8.42 Å². The van der Waals surface area contributed by atoms with Crippen LogP contribution in [0.25, 0.3) is 0 Å². The van der Waals surface area contributed by atoms with Crippen molar-refractivity contribution in [2.75, 3.05) is 18.8 Å². The molecule has 0 aliphatic rings. The van der Waals surface area contributed by atoms with Gasteiger partial charge in [-0.2, -0.15) is 0 Å². The van der Waals surface area contributed by atoms with Crippen LogP contribution in [0.2, 0.25) is 0 Å². The summed E-state index contributed by atoms with van der Waals surface area (Å²) in [6, 6.07) is 0.289. The smallest absolute Gasteiger partial charge is 0.235 e. The number of rotatable bonds is 8. The number of hydrogen-bond donors (Lipinski definition) is 2. The predicted octanol–water partition coefficient (Wildman–Crippen LogP) is 0.314. The third-order valence-electron chi connectivity index (χ3n) is 2.69. The molecule has 102 valence electrons. The molecule has 2 N–H and O–H groups in total. The lowest BCUT2D eigenvalue weighted by atomic mass is 10.2. The van der Waals surface area contributed by atoms with Gasteiger partial charge < -0.3 is 10.6 Å². The van der Waals surface area contributed by atoms with Crippen molar-refractivity contribution in [1.82, 2.24) is 10.6 Å². The molecule has 0 rings (SSSR count). The SMILES string of the molecule is CCNC(=O)CS(=O)(=O)C(C)CNC(C)CC. The molecule has 0 heterocycles. The van der Waals surface area contributed by atoms with Crippen LogP contribution in [0.5, 0.6) is 0 Å². The minimum absolute atomic E-state index is 0.289. The summed E-state index contributed by atoms with van der Waals surface area (Å²) in [5.41, 5.74) is 0. The summed E-state index contributed by atoms with van der Waals surface area (Å²) < 4.78 is 23.6. The molecule has 0 saturated heterocycles. The van der Waals surface area contributed by atoms with Crippen molar-refractivity contribution >= 4 is 15.7 Å². The fraction of sp³-hybridized carbons (Fsp3) is 0.909. The monoisotopic (exact) mass is 264 g/mol. The third-order valence-corrected chi connectivity index (χ3v) is 4.74. The molecular weight excluding hydrogens is 240 g/mol. The van der Waals surface area contributed by atoms with Crippen molar-refractivity contribution < 1.29 is 13.2 Å². The Morgan fingerprint density at radius 3 is 2.29 bits per heavy atom. The fourth-order valence-electron chi connectivity index (χ4n) is 1.21. The molecule has 0 bridgehead atoms. The van der Waals surface area contributed by atoms with E-state index < -0.39 is 26.7 Å². The molecule has 6 heteroatoms. The highest BCUT2D eigenvalue weighted by Gasteiger charge is 2.24. The van der Waals surface area contributed by atoms with E-state index in [1.807, 2.05) is 13.8 Å². The zero-order valence-electron chi connectivity index (χ0n) is 11.1. The molecule has 0 aromatic carbocycles. The second-order valence-electron chi connectivity index (χ2n) is 4.29. The van der Waals surface area contributed by atoms with Gasteiger partial charge in [-0.1, -0.05) is 6.92 Å². The van der Waals surface area contributed by atoms with E-state index in [2.05, 4.69) is 10.6 Å². The van der Waals surface area contributed by atoms with Gasteiger partial charge in [0.25, 0.3) is 0 Å². The van der Waals surface area contributed by atoms with E-state index in [0.717, 1.165) is 6.42 Å². The normalized spacial score (nSPS) is 15.3. The van der Waals surface area contributed by atoms with Crippen LogP contribution in [-0.2, 0) is 14.6 Å². The van der Waals surface area contributed by atoms with Crippen LogP contribution in [0.3, 0.4) is 0 Å². The summed E-state index contributed by atoms with van der Waals surface area (Å²) in [5.74, 6) is -0.854. The number of carbonyl (C=O) groups excluding carboxylic acids is 1. The first-order chi connectivity index (χ1) is 7.83. The van der Waals surface area contributed by atoms with Crippen LogP contribution in [0.1, 0.15) is 34.1 Å². The van der Waals surface area contributed by atoms with Gasteiger partial charge in [0.15, 0.2) is 9.84 Å². The van der Waals surface area contributed by atoms with E-state index in [0.29, 0.717) is 13.1 Å². The summed E-state index contributed by atoms with van der Waals surface area (Å²) >= 11 is 0. The molecule has 2 atom stereocenters. The van der Waals surface area contributed by atoms with E-state index in [1.54, 1.807) is 13.8 Å². The van der Waals surface area contributed by atoms with Gasteiger partial charge in [-0.05, 0) is 27.2 Å². The average Bonchev–Trinajstić information content (AvgIpc) is 2.24. The largest absolute Gasteiger partial charge is 0.356 e. The lowest BCUT2D eigenvalue weighted by molar-refractivity contribution is -0.118. The number of nitrogens with one attached hydrogen (secondary N) is 2. The molecule has 0 aromatic heterocycles. The van der Waals surface area contributed by atoms with Gasteiger partial charge in [0.1, 0.15) is 5.75 Å². The van der Waals surface area contributed by atoms with E-state index in [9.17, 15) is 13.2 Å². The van der Waals surface area contributed by atoms with Crippen molar-refractivity contribution in [3.05, 3.63) is 0 Å². The second kappa shape index (κ2) is 7.66. The van der Waals surface area contributed by atoms with E-state index in [-0.39, 0.29) is 6.04 Å². The minimum Gasteiger partial charge on any atom is -0.356 e. The summed E-state index contributed by atoms with van der Waals surface area (Å²) in [6.07, 6.45) is 0.948. The summed E-state index contributed by atoms with van der Waals surface area (Å²) in [4.78, 5) is 11.2. The molecule has 0 aliphatic carbocycles. The highest BCUT2D eigenvalue weighted by atomic mass is 32.2. The van der Waals surface area contributed by atoms with Crippen LogP contribution in [0.15, 0.2) is 0 Å². The van der Waals surface area contributed by atoms with Gasteiger partial charge in [0.05, 0.1) is 5.25 Å². The Morgan fingerprint density at radius 1 is 1.24 bits per heavy atom. The summed E-state index contributed by atoms with van der Waals surface area (Å²) in [7, 11) is -3.36. The Balaban J connectivity index is 4.25. The minimum atomic E-state index is -3.36. The Bertz CT molecular complexity index is 328. The van der Waals surface area contributed by atoms with Crippen LogP contribution in [-0.4, -0.2) is 44.5 Å². The van der Waals surface area contributed by atoms with Gasteiger partial charge in [-0.15, -0.1) is 0 Å². The first-order valence-corrected chi connectivity index (χ1v) is 7.76. The molecule has 0 spiro atoms. The zero-order valence-corrected chi connectivity index (χ0v) is 11.9. The fourth-order valence-corrected chi connectivity index (χ4v) is 2.31. The summed E-state index contributed by atoms with van der Waals surface area (Å²) in [5, 5.41) is 5.08. The Kier molecular flexibility index (Phi) is 7.38. The second-order valence-corrected chi connectivity index (χ2v) is 6.71. The predicted molar refractivity (Wildman–Crippen MR) is 69.7 cm³/mol. The lowest BCUT2D eigenvalue weighted by Gasteiger charge is -2.16. The van der Waals surface area contributed by atoms with Crippen molar-refractivity contribution in [3.63, 3.8) is 0 Å². The van der Waals surface area contributed by atoms with E-state index in [1.165, 1.54) is 0 Å². The molecule has 1 amide bonds. The van der Waals surface area contributed by atoms with Crippen LogP contribution in [0.4, 0.5) is 0 Å². The molecule has 0 aliphatic heterocycles. The maximum Gasteiger partial charge on any atom is 0.235 e. The van der Waals surface area contributed by atoms with Gasteiger partial charge in [0, 0.05) is 19.1 Å². The van der Waals surface area contributed by atoms with Crippen molar-refractivity contribution in [2.24, 2.45) is 0 Å². The first kappa shape index (κ1) is 16.4. The van der Waals surface area contributed by atoms with Gasteiger partial charge in [0.2, 0.25) is 5.91 Å². The Hall–Kier alpha value is -0.620. The quantitative estimate of drug-likeness (QED) is 0.662. The molecule has 17 heavy (non-hydrogen) atoms. The van der Waals surface area contributed by atoms with Crippen LogP contribution >= 0.6 is 0 Å². The van der Waals surface area contributed by atoms with Crippen molar-refractivity contribution in [1.29, 1.82) is 0 Å². The highest BCUT2D eigenvalue weighted by molar-refractivity contribution is 7.92. The Labute approximate surface area is 104 Å². The molecule has 0 radical (unpaired) electrons. The number of amides is 1. The van der Waals surface area contributed by atoms with Gasteiger partial charge >= 0.3 is 0 Å². The summed E-state index contributed by atoms with van der Waals surface area (Å²) in [6.45, 7) is 8.27. The molecule has 2 unspecified atom stereocenters. The maximum atomic E-state index is 11.8. The van der Waals surface area contributed by atoms with Crippen LogP contribution < -0.4 is 10.6 Å². The van der Waals surface area contributed by atoms with Crippen LogP contribution in [0, 0.1) is 0 Å². The molecule has 0 aromatic rings. The van der Waals surface area contributed by atoms with Crippen molar-refractivity contribution in [3.8, 4) is 0 Å². The molecule has 0 saturated carbocycles. The van der Waals surface area contributed by atoms with Crippen molar-refractivity contribution in [2.45, 2.75) is 45.4 Å². The topological polar surface area (TPSA) is 75.3 Å². The Morgan fingerprint density at radius 2 is 1.82 bits per heavy atom. The molecule has 5 nitrogen and oxygen atoms in total. The van der Waals surface area contributed by atoms with E-state index >= 15 is 0 Å². The molecule has 0 fully saturated rings. The first-order valence-electron chi connectivity index (χ1n) is 6.05. The van der Waals surface area contributed by atoms with Gasteiger partial charge in [-0.3, -0.25) is 4.79 Å². The molecular formula is C11H24N2O3S. The standard InChI is InChI=1S/C11H24N2O3S/c1-5-9(3)13-7-10(4)17(15,16)8-11(14)12-6-2/h9-10,13H,5-8H2,1-4H3,(H,12,14). The van der Waals surface area contributed by atoms with E-state index in [4.69, 9.17) is 0 Å². The highest BCUT2D eigenvalue weighted by Crippen LogP contribution is 2.02. The number of carbonyl (C=O) groups is 1. The number of sulfone groups is 1. The zero-order chi connectivity index (χ0) is 13.5. The lowest BCUT2D eigenvalue weighted by Crippen LogP contribution is -2.40. The maximum absolute atomic E-state index is 11.8. The average molecular weight is 264 g/mol. The number of hydrogen-bond acceptors (Lipinski definition) is 4. The third kappa shape index (κ3) is 6.63.